The van der Waals surface area contributed by atoms with Crippen molar-refractivity contribution in [2.24, 2.45) is 0 Å². The van der Waals surface area contributed by atoms with Crippen molar-refractivity contribution in [2.75, 3.05) is 0 Å². The monoisotopic (exact) mass is 602 g/mol. The highest BCUT2D eigenvalue weighted by Gasteiger charge is 2.17. The molecule has 0 radical (unpaired) electrons. The highest BCUT2D eigenvalue weighted by molar-refractivity contribution is 7.26. The lowest BCUT2D eigenvalue weighted by atomic mass is 9.96. The van der Waals surface area contributed by atoms with Crippen LogP contribution in [-0.4, -0.2) is 9.55 Å². The molecule has 0 fully saturated rings. The Morgan fingerprint density at radius 1 is 0.435 bits per heavy atom. The van der Waals surface area contributed by atoms with Gasteiger partial charge in [-0.05, 0) is 47.5 Å². The Labute approximate surface area is 269 Å². The van der Waals surface area contributed by atoms with E-state index in [0.717, 1.165) is 16.8 Å². The topological polar surface area (TPSA) is 17.8 Å². The minimum atomic E-state index is 1.03. The van der Waals surface area contributed by atoms with Crippen molar-refractivity contribution in [1.29, 1.82) is 0 Å². The van der Waals surface area contributed by atoms with Gasteiger partial charge in [0.05, 0.1) is 22.2 Å². The van der Waals surface area contributed by atoms with Crippen LogP contribution in [0, 0.1) is 0 Å². The minimum Gasteiger partial charge on any atom is -0.309 e. The lowest BCUT2D eigenvalue weighted by Crippen LogP contribution is -1.93. The molecule has 0 unspecified atom stereocenters. The molecule has 0 saturated heterocycles. The first-order valence-electron chi connectivity index (χ1n) is 15.6. The van der Waals surface area contributed by atoms with E-state index in [1.54, 1.807) is 0 Å². The molecule has 0 aliphatic carbocycles. The molecule has 0 aliphatic rings. The van der Waals surface area contributed by atoms with Crippen LogP contribution in [-0.2, 0) is 0 Å². The Morgan fingerprint density at radius 2 is 1.07 bits per heavy atom. The number of hydrogen-bond acceptors (Lipinski definition) is 2. The lowest BCUT2D eigenvalue weighted by Gasteiger charge is -2.12. The van der Waals surface area contributed by atoms with E-state index in [2.05, 4.69) is 162 Å². The second-order valence-electron chi connectivity index (χ2n) is 11.9. The van der Waals surface area contributed by atoms with Crippen molar-refractivity contribution in [3.05, 3.63) is 158 Å². The van der Waals surface area contributed by atoms with Crippen LogP contribution in [0.2, 0.25) is 0 Å². The molecule has 0 aliphatic heterocycles. The lowest BCUT2D eigenvalue weighted by molar-refractivity contribution is 1.18. The van der Waals surface area contributed by atoms with Crippen LogP contribution in [0.4, 0.5) is 0 Å². The summed E-state index contributed by atoms with van der Waals surface area (Å²) in [6.07, 6.45) is 0. The SMILES string of the molecule is c1ccc(-n2c3ccccc3c3ccc(-c4ccc(-c5nc6ccccc6c6c5ccc5c7ccccc7sc56)cc4)cc32)cc1. The Balaban J connectivity index is 1.15. The third kappa shape index (κ3) is 3.73. The second kappa shape index (κ2) is 9.87. The van der Waals surface area contributed by atoms with Crippen molar-refractivity contribution < 1.29 is 0 Å². The van der Waals surface area contributed by atoms with Gasteiger partial charge in [0.25, 0.3) is 0 Å². The van der Waals surface area contributed by atoms with Crippen molar-refractivity contribution in [3.63, 3.8) is 0 Å². The molecule has 0 atom stereocenters. The van der Waals surface area contributed by atoms with Gasteiger partial charge in [0.1, 0.15) is 0 Å². The molecule has 0 saturated carbocycles. The summed E-state index contributed by atoms with van der Waals surface area (Å²) in [5.41, 5.74) is 9.16. The highest BCUT2D eigenvalue weighted by Crippen LogP contribution is 2.43. The van der Waals surface area contributed by atoms with Gasteiger partial charge in [-0.25, -0.2) is 4.98 Å². The molecule has 0 N–H and O–H groups in total. The number of aromatic nitrogens is 2. The molecule has 3 heterocycles. The van der Waals surface area contributed by atoms with Crippen LogP contribution in [0.5, 0.6) is 0 Å². The average molecular weight is 603 g/mol. The summed E-state index contributed by atoms with van der Waals surface area (Å²) in [4.78, 5) is 5.25. The molecule has 7 aromatic carbocycles. The van der Waals surface area contributed by atoms with E-state index in [9.17, 15) is 0 Å². The predicted molar refractivity (Wildman–Crippen MR) is 197 cm³/mol. The molecular formula is C43H26N2S. The number of hydrogen-bond donors (Lipinski definition) is 0. The fourth-order valence-corrected chi connectivity index (χ4v) is 8.53. The smallest absolute Gasteiger partial charge is 0.0788 e. The van der Waals surface area contributed by atoms with Crippen LogP contribution in [0.15, 0.2) is 158 Å². The first-order chi connectivity index (χ1) is 22.8. The third-order valence-electron chi connectivity index (χ3n) is 9.39. The summed E-state index contributed by atoms with van der Waals surface area (Å²) in [5.74, 6) is 0. The van der Waals surface area contributed by atoms with Gasteiger partial charge in [0, 0.05) is 58.4 Å². The normalized spacial score (nSPS) is 11.9. The van der Waals surface area contributed by atoms with Gasteiger partial charge in [-0.15, -0.1) is 11.3 Å². The molecule has 3 heteroatoms. The summed E-state index contributed by atoms with van der Waals surface area (Å²) in [6.45, 7) is 0. The largest absolute Gasteiger partial charge is 0.309 e. The molecule has 0 bridgehead atoms. The highest BCUT2D eigenvalue weighted by atomic mass is 32.1. The van der Waals surface area contributed by atoms with E-state index in [4.69, 9.17) is 4.98 Å². The van der Waals surface area contributed by atoms with Crippen LogP contribution in [0.3, 0.4) is 0 Å². The first-order valence-corrected chi connectivity index (χ1v) is 16.5. The quantitative estimate of drug-likeness (QED) is 0.184. The average Bonchev–Trinajstić information content (AvgIpc) is 3.67. The Kier molecular flexibility index (Phi) is 5.48. The van der Waals surface area contributed by atoms with E-state index in [0.29, 0.717) is 0 Å². The molecule has 214 valence electrons. The van der Waals surface area contributed by atoms with E-state index < -0.39 is 0 Å². The van der Waals surface area contributed by atoms with Gasteiger partial charge in [0.15, 0.2) is 0 Å². The van der Waals surface area contributed by atoms with Crippen LogP contribution in [0.1, 0.15) is 0 Å². The van der Waals surface area contributed by atoms with Crippen LogP contribution in [0.25, 0.3) is 91.7 Å². The van der Waals surface area contributed by atoms with E-state index in [1.807, 2.05) is 11.3 Å². The van der Waals surface area contributed by atoms with Crippen LogP contribution >= 0.6 is 11.3 Å². The molecule has 0 spiro atoms. The van der Waals surface area contributed by atoms with Gasteiger partial charge in [-0.1, -0.05) is 121 Å². The van der Waals surface area contributed by atoms with Gasteiger partial charge in [-0.2, -0.15) is 0 Å². The van der Waals surface area contributed by atoms with Gasteiger partial charge < -0.3 is 4.57 Å². The van der Waals surface area contributed by atoms with Crippen LogP contribution < -0.4 is 0 Å². The molecule has 0 amide bonds. The van der Waals surface area contributed by atoms with Gasteiger partial charge in [-0.3, -0.25) is 0 Å². The summed E-state index contributed by atoms with van der Waals surface area (Å²) >= 11 is 1.88. The molecule has 2 nitrogen and oxygen atoms in total. The number of benzene rings is 7. The molecule has 3 aromatic heterocycles. The maximum absolute atomic E-state index is 5.25. The zero-order valence-corrected chi connectivity index (χ0v) is 25.6. The zero-order chi connectivity index (χ0) is 30.2. The molecule has 10 aromatic rings. The number of nitrogens with zero attached hydrogens (tertiary/aromatic N) is 2. The van der Waals surface area contributed by atoms with Gasteiger partial charge in [0.2, 0.25) is 0 Å². The summed E-state index contributed by atoms with van der Waals surface area (Å²) in [7, 11) is 0. The van der Waals surface area contributed by atoms with Gasteiger partial charge >= 0.3 is 0 Å². The van der Waals surface area contributed by atoms with E-state index in [-0.39, 0.29) is 0 Å². The molecular weight excluding hydrogens is 577 g/mol. The maximum atomic E-state index is 5.25. The van der Waals surface area contributed by atoms with E-state index in [1.165, 1.54) is 75.0 Å². The van der Waals surface area contributed by atoms with Crippen molar-refractivity contribution >= 4 is 75.0 Å². The fraction of sp³-hybridized carbons (Fsp3) is 0. The molecule has 10 rings (SSSR count). The van der Waals surface area contributed by atoms with Crippen molar-refractivity contribution in [1.82, 2.24) is 9.55 Å². The maximum Gasteiger partial charge on any atom is 0.0788 e. The zero-order valence-electron chi connectivity index (χ0n) is 24.8. The Bertz CT molecular complexity index is 2790. The van der Waals surface area contributed by atoms with Crippen molar-refractivity contribution in [2.45, 2.75) is 0 Å². The number of para-hydroxylation sites is 3. The number of rotatable bonds is 3. The first kappa shape index (κ1) is 25.5. The predicted octanol–water partition coefficient (Wildman–Crippen LogP) is 12.2. The Hall–Kier alpha value is -5.77. The number of fused-ring (bicyclic) bond motifs is 10. The van der Waals surface area contributed by atoms with Crippen molar-refractivity contribution in [3.8, 4) is 28.1 Å². The summed E-state index contributed by atoms with van der Waals surface area (Å²) in [5, 5.41) is 8.86. The Morgan fingerprint density at radius 3 is 1.93 bits per heavy atom. The summed E-state index contributed by atoms with van der Waals surface area (Å²) < 4.78 is 5.03. The van der Waals surface area contributed by atoms with E-state index >= 15 is 0 Å². The standard InChI is InChI=1S/C43H26N2S/c1-2-10-30(11-3-1)45-38-16-8-5-12-31(38)32-23-22-29(26-39(32)45)27-18-20-28(21-19-27)42-36-25-24-34-33-13-6-9-17-40(33)46-43(34)41(36)35-14-4-7-15-37(35)44-42/h1-26H. The fourth-order valence-electron chi connectivity index (χ4n) is 7.26. The second-order valence-corrected chi connectivity index (χ2v) is 13.0. The number of pyridine rings is 1. The molecule has 46 heavy (non-hydrogen) atoms. The minimum absolute atomic E-state index is 1.03. The summed E-state index contributed by atoms with van der Waals surface area (Å²) in [6, 6.07) is 57.0. The number of thiophene rings is 1. The third-order valence-corrected chi connectivity index (χ3v) is 10.6.